The number of ether oxygens (including phenoxy) is 1. The Morgan fingerprint density at radius 1 is 1.57 bits per heavy atom. The topological polar surface area (TPSA) is 88.2 Å². The van der Waals surface area contributed by atoms with E-state index in [9.17, 15) is 4.79 Å². The van der Waals surface area contributed by atoms with Gasteiger partial charge < -0.3 is 15.8 Å². The Kier molecular flexibility index (Phi) is 6.74. The molecule has 0 heterocycles. The van der Waals surface area contributed by atoms with Gasteiger partial charge in [-0.05, 0) is 20.3 Å². The van der Waals surface area contributed by atoms with Gasteiger partial charge >= 0.3 is 0 Å². The molecule has 0 rings (SSSR count). The Morgan fingerprint density at radius 3 is 2.71 bits per heavy atom. The average molecular weight is 201 g/mol. The summed E-state index contributed by atoms with van der Waals surface area (Å²) in [6.07, 6.45) is 0.982. The molecule has 0 unspecified atom stereocenters. The van der Waals surface area contributed by atoms with E-state index in [1.54, 1.807) is 0 Å². The number of hydrogen-bond acceptors (Lipinski definition) is 3. The van der Waals surface area contributed by atoms with Crippen molar-refractivity contribution in [1.82, 2.24) is 5.32 Å². The Bertz CT molecular complexity index is 192. The Hall–Kier alpha value is -1.10. The Morgan fingerprint density at radius 2 is 2.21 bits per heavy atom. The number of amidine groups is 1. The third-order valence-corrected chi connectivity index (χ3v) is 1.45. The zero-order valence-electron chi connectivity index (χ0n) is 8.80. The molecular formula is C9H19N3O2. The first-order chi connectivity index (χ1) is 6.52. The summed E-state index contributed by atoms with van der Waals surface area (Å²) in [7, 11) is 0. The maximum absolute atomic E-state index is 11.0. The zero-order chi connectivity index (χ0) is 11.0. The van der Waals surface area contributed by atoms with E-state index in [-0.39, 0.29) is 24.3 Å². The molecule has 4 N–H and O–H groups in total. The molecule has 0 atom stereocenters. The SMILES string of the molecule is CC(C)OCCCNC(=O)CC(=N)N. The van der Waals surface area contributed by atoms with E-state index in [0.717, 1.165) is 6.42 Å². The third kappa shape index (κ3) is 8.99. The number of nitrogens with one attached hydrogen (secondary N) is 2. The number of amides is 1. The highest BCUT2D eigenvalue weighted by Crippen LogP contribution is 1.89. The van der Waals surface area contributed by atoms with Crippen molar-refractivity contribution in [3.63, 3.8) is 0 Å². The lowest BCUT2D eigenvalue weighted by Gasteiger charge is -2.07. The molecule has 0 saturated carbocycles. The van der Waals surface area contributed by atoms with Crippen molar-refractivity contribution in [3.05, 3.63) is 0 Å². The van der Waals surface area contributed by atoms with Crippen LogP contribution in [0.25, 0.3) is 0 Å². The second-order valence-corrected chi connectivity index (χ2v) is 3.33. The number of carbonyl (C=O) groups excluding carboxylic acids is 1. The highest BCUT2D eigenvalue weighted by atomic mass is 16.5. The van der Waals surface area contributed by atoms with Gasteiger partial charge in [-0.15, -0.1) is 0 Å². The molecule has 0 aliphatic rings. The monoisotopic (exact) mass is 201 g/mol. The van der Waals surface area contributed by atoms with Crippen LogP contribution < -0.4 is 11.1 Å². The van der Waals surface area contributed by atoms with Gasteiger partial charge in [-0.25, -0.2) is 0 Å². The van der Waals surface area contributed by atoms with E-state index in [0.29, 0.717) is 13.2 Å². The largest absolute Gasteiger partial charge is 0.387 e. The third-order valence-electron chi connectivity index (χ3n) is 1.45. The predicted molar refractivity (Wildman–Crippen MR) is 55.2 cm³/mol. The van der Waals surface area contributed by atoms with Gasteiger partial charge in [0.2, 0.25) is 5.91 Å². The van der Waals surface area contributed by atoms with Gasteiger partial charge in [0.15, 0.2) is 0 Å². The van der Waals surface area contributed by atoms with E-state index in [1.165, 1.54) is 0 Å². The van der Waals surface area contributed by atoms with E-state index in [1.807, 2.05) is 13.8 Å². The van der Waals surface area contributed by atoms with Gasteiger partial charge in [0.25, 0.3) is 0 Å². The standard InChI is InChI=1S/C9H19N3O2/c1-7(2)14-5-3-4-12-9(13)6-8(10)11/h7H,3-6H2,1-2H3,(H3,10,11)(H,12,13). The molecule has 0 radical (unpaired) electrons. The summed E-state index contributed by atoms with van der Waals surface area (Å²) in [5.41, 5.74) is 5.06. The molecule has 5 nitrogen and oxygen atoms in total. The Labute approximate surface area is 84.5 Å². The molecule has 0 fully saturated rings. The van der Waals surface area contributed by atoms with Crippen LogP contribution in [0.3, 0.4) is 0 Å². The molecule has 0 aromatic rings. The van der Waals surface area contributed by atoms with Crippen LogP contribution in [0.5, 0.6) is 0 Å². The zero-order valence-corrected chi connectivity index (χ0v) is 8.80. The lowest BCUT2D eigenvalue weighted by molar-refractivity contribution is -0.119. The maximum atomic E-state index is 11.0. The minimum Gasteiger partial charge on any atom is -0.387 e. The first-order valence-corrected chi connectivity index (χ1v) is 4.73. The molecule has 0 aromatic carbocycles. The Balaban J connectivity index is 3.27. The number of rotatable bonds is 7. The van der Waals surface area contributed by atoms with Crippen molar-refractivity contribution >= 4 is 11.7 Å². The van der Waals surface area contributed by atoms with Crippen LogP contribution in [0.2, 0.25) is 0 Å². The molecule has 5 heteroatoms. The molecule has 0 aromatic heterocycles. The van der Waals surface area contributed by atoms with Crippen molar-refractivity contribution < 1.29 is 9.53 Å². The van der Waals surface area contributed by atoms with Gasteiger partial charge in [0.05, 0.1) is 18.4 Å². The highest BCUT2D eigenvalue weighted by Gasteiger charge is 2.01. The van der Waals surface area contributed by atoms with Crippen LogP contribution in [0.15, 0.2) is 0 Å². The van der Waals surface area contributed by atoms with Crippen molar-refractivity contribution in [3.8, 4) is 0 Å². The van der Waals surface area contributed by atoms with Gasteiger partial charge in [-0.1, -0.05) is 0 Å². The maximum Gasteiger partial charge on any atom is 0.227 e. The molecule has 0 bridgehead atoms. The average Bonchev–Trinajstić information content (AvgIpc) is 2.01. The first-order valence-electron chi connectivity index (χ1n) is 4.73. The second-order valence-electron chi connectivity index (χ2n) is 3.33. The van der Waals surface area contributed by atoms with Crippen LogP contribution in [0.4, 0.5) is 0 Å². The molecule has 1 amide bonds. The van der Waals surface area contributed by atoms with Crippen LogP contribution in [0, 0.1) is 5.41 Å². The normalized spacial score (nSPS) is 10.2. The van der Waals surface area contributed by atoms with Crippen LogP contribution in [0.1, 0.15) is 26.7 Å². The molecule has 14 heavy (non-hydrogen) atoms. The van der Waals surface area contributed by atoms with Crippen LogP contribution in [-0.4, -0.2) is 31.0 Å². The smallest absolute Gasteiger partial charge is 0.227 e. The fraction of sp³-hybridized carbons (Fsp3) is 0.778. The number of carbonyl (C=O) groups is 1. The molecule has 82 valence electrons. The summed E-state index contributed by atoms with van der Waals surface area (Å²) in [6, 6.07) is 0. The summed E-state index contributed by atoms with van der Waals surface area (Å²) in [5.74, 6) is -0.317. The molecule has 0 saturated heterocycles. The lowest BCUT2D eigenvalue weighted by atomic mass is 10.3. The highest BCUT2D eigenvalue weighted by molar-refractivity contribution is 5.97. The fourth-order valence-corrected chi connectivity index (χ4v) is 0.854. The van der Waals surface area contributed by atoms with Gasteiger partial charge in [0.1, 0.15) is 0 Å². The minimum atomic E-state index is -0.206. The lowest BCUT2D eigenvalue weighted by Crippen LogP contribution is -2.29. The van der Waals surface area contributed by atoms with E-state index in [2.05, 4.69) is 5.32 Å². The molecule has 0 aliphatic carbocycles. The van der Waals surface area contributed by atoms with Gasteiger partial charge in [0, 0.05) is 13.2 Å². The molecular weight excluding hydrogens is 182 g/mol. The molecule has 0 spiro atoms. The number of nitrogens with two attached hydrogens (primary N) is 1. The van der Waals surface area contributed by atoms with Crippen LogP contribution in [-0.2, 0) is 9.53 Å². The number of hydrogen-bond donors (Lipinski definition) is 3. The summed E-state index contributed by atoms with van der Waals surface area (Å²) in [4.78, 5) is 11.0. The van der Waals surface area contributed by atoms with Gasteiger partial charge in [-0.3, -0.25) is 10.2 Å². The van der Waals surface area contributed by atoms with Gasteiger partial charge in [-0.2, -0.15) is 0 Å². The van der Waals surface area contributed by atoms with Crippen molar-refractivity contribution in [2.45, 2.75) is 32.8 Å². The predicted octanol–water partition coefficient (Wildman–Crippen LogP) is 0.244. The van der Waals surface area contributed by atoms with Crippen LogP contribution >= 0.6 is 0 Å². The molecule has 0 aliphatic heterocycles. The van der Waals surface area contributed by atoms with Crippen molar-refractivity contribution in [1.29, 1.82) is 5.41 Å². The summed E-state index contributed by atoms with van der Waals surface area (Å²) in [5, 5.41) is 9.54. The quantitative estimate of drug-likeness (QED) is 0.313. The first kappa shape index (κ1) is 12.9. The van der Waals surface area contributed by atoms with E-state index >= 15 is 0 Å². The van der Waals surface area contributed by atoms with E-state index in [4.69, 9.17) is 15.9 Å². The summed E-state index contributed by atoms with van der Waals surface area (Å²) in [6.45, 7) is 5.14. The second kappa shape index (κ2) is 7.32. The minimum absolute atomic E-state index is 0.0228. The van der Waals surface area contributed by atoms with Crippen molar-refractivity contribution in [2.24, 2.45) is 5.73 Å². The van der Waals surface area contributed by atoms with E-state index < -0.39 is 0 Å². The summed E-state index contributed by atoms with van der Waals surface area (Å²) < 4.78 is 5.29. The van der Waals surface area contributed by atoms with Crippen molar-refractivity contribution in [2.75, 3.05) is 13.2 Å². The fourth-order valence-electron chi connectivity index (χ4n) is 0.854. The summed E-state index contributed by atoms with van der Waals surface area (Å²) >= 11 is 0.